The molecule has 0 bridgehead atoms. The highest BCUT2D eigenvalue weighted by Gasteiger charge is 2.18. The Hall–Kier alpha value is -3.69. The second-order valence-corrected chi connectivity index (χ2v) is 7.89. The molecule has 0 radical (unpaired) electrons. The molecule has 0 unspecified atom stereocenters. The maximum absolute atomic E-state index is 12.8. The van der Waals surface area contributed by atoms with E-state index in [-0.39, 0.29) is 11.5 Å². The summed E-state index contributed by atoms with van der Waals surface area (Å²) in [4.78, 5) is 42.5. The number of nitrogens with one attached hydrogen (secondary N) is 2. The molecule has 4 rings (SSSR count). The number of amides is 2. The maximum atomic E-state index is 12.8. The Kier molecular flexibility index (Phi) is 7.56. The van der Waals surface area contributed by atoms with Crippen LogP contribution in [-0.2, 0) is 9.47 Å². The van der Waals surface area contributed by atoms with Crippen molar-refractivity contribution in [2.24, 2.45) is 0 Å². The topological polar surface area (TPSA) is 110 Å². The Balaban J connectivity index is 1.47. The fourth-order valence-corrected chi connectivity index (χ4v) is 3.71. The molecule has 1 aliphatic rings. The maximum Gasteiger partial charge on any atom is 0.261 e. The minimum atomic E-state index is -0.544. The van der Waals surface area contributed by atoms with Crippen LogP contribution in [0.1, 0.15) is 27.1 Å². The first-order chi connectivity index (χ1) is 16.5. The van der Waals surface area contributed by atoms with Crippen molar-refractivity contribution in [1.82, 2.24) is 9.88 Å². The highest BCUT2D eigenvalue weighted by Crippen LogP contribution is 2.20. The van der Waals surface area contributed by atoms with Crippen molar-refractivity contribution >= 4 is 28.4 Å². The van der Waals surface area contributed by atoms with Crippen LogP contribution in [0, 0.1) is 0 Å². The molecule has 2 N–H and O–H groups in total. The van der Waals surface area contributed by atoms with Gasteiger partial charge < -0.3 is 29.4 Å². The monoisotopic (exact) mass is 465 g/mol. The molecule has 1 aliphatic heterocycles. The lowest BCUT2D eigenvalue weighted by Crippen LogP contribution is -2.33. The van der Waals surface area contributed by atoms with Gasteiger partial charge in [0.05, 0.1) is 13.2 Å². The summed E-state index contributed by atoms with van der Waals surface area (Å²) in [6.07, 6.45) is 0.807. The highest BCUT2D eigenvalue weighted by molar-refractivity contribution is 6.06. The van der Waals surface area contributed by atoms with Crippen LogP contribution >= 0.6 is 0 Å². The molecule has 1 aromatic heterocycles. The molecule has 2 amide bonds. The van der Waals surface area contributed by atoms with Crippen molar-refractivity contribution in [2.75, 3.05) is 51.9 Å². The number of H-pyrrole nitrogens is 1. The number of carbonyl (C=O) groups is 2. The number of pyridine rings is 1. The number of carbonyl (C=O) groups excluding carboxylic acids is 2. The zero-order valence-electron chi connectivity index (χ0n) is 19.0. The molecule has 0 aliphatic carbocycles. The third kappa shape index (κ3) is 5.62. The number of fused-ring (bicyclic) bond motifs is 1. The fraction of sp³-hybridized carbons (Fsp3) is 0.320. The van der Waals surface area contributed by atoms with Gasteiger partial charge in [0.1, 0.15) is 17.9 Å². The van der Waals surface area contributed by atoms with E-state index in [9.17, 15) is 14.4 Å². The molecule has 1 fully saturated rings. The van der Waals surface area contributed by atoms with Crippen molar-refractivity contribution in [3.63, 3.8) is 0 Å². The predicted molar refractivity (Wildman–Crippen MR) is 128 cm³/mol. The first kappa shape index (κ1) is 23.5. The third-order valence-electron chi connectivity index (χ3n) is 5.52. The quantitative estimate of drug-likeness (QED) is 0.519. The van der Waals surface area contributed by atoms with E-state index in [4.69, 9.17) is 14.2 Å². The number of hydrogen-bond donors (Lipinski definition) is 2. The van der Waals surface area contributed by atoms with Gasteiger partial charge in [-0.1, -0.05) is 0 Å². The molecule has 3 aromatic rings. The molecule has 1 saturated heterocycles. The number of aromatic amines is 1. The molecule has 178 valence electrons. The molecule has 9 nitrogen and oxygen atoms in total. The van der Waals surface area contributed by atoms with Gasteiger partial charge in [-0.3, -0.25) is 14.4 Å². The first-order valence-electron chi connectivity index (χ1n) is 11.1. The van der Waals surface area contributed by atoms with Crippen LogP contribution in [0.4, 0.5) is 5.69 Å². The number of nitrogens with zero attached hydrogens (tertiary/aromatic N) is 1. The number of methoxy groups -OCH3 is 1. The van der Waals surface area contributed by atoms with Crippen LogP contribution in [-0.4, -0.2) is 68.3 Å². The van der Waals surface area contributed by atoms with E-state index >= 15 is 0 Å². The molecular weight excluding hydrogens is 438 g/mol. The van der Waals surface area contributed by atoms with E-state index in [1.54, 1.807) is 54.5 Å². The largest absolute Gasteiger partial charge is 0.491 e. The van der Waals surface area contributed by atoms with Crippen LogP contribution in [0.15, 0.2) is 53.3 Å². The third-order valence-corrected chi connectivity index (χ3v) is 5.52. The molecule has 2 aromatic carbocycles. The summed E-state index contributed by atoms with van der Waals surface area (Å²) in [5.41, 5.74) is 1.10. The lowest BCUT2D eigenvalue weighted by molar-refractivity contribution is 0.0741. The van der Waals surface area contributed by atoms with E-state index < -0.39 is 11.5 Å². The van der Waals surface area contributed by atoms with Gasteiger partial charge in [0.25, 0.3) is 17.4 Å². The molecule has 9 heteroatoms. The van der Waals surface area contributed by atoms with E-state index in [0.29, 0.717) is 67.4 Å². The van der Waals surface area contributed by atoms with E-state index in [1.807, 2.05) is 0 Å². The zero-order chi connectivity index (χ0) is 23.9. The van der Waals surface area contributed by atoms with Gasteiger partial charge in [-0.15, -0.1) is 0 Å². The Labute approximate surface area is 196 Å². The van der Waals surface area contributed by atoms with Crippen LogP contribution in [0.25, 0.3) is 10.9 Å². The summed E-state index contributed by atoms with van der Waals surface area (Å²) in [7, 11) is 1.59. The van der Waals surface area contributed by atoms with Gasteiger partial charge in [-0.05, 0) is 55.0 Å². The van der Waals surface area contributed by atoms with Crippen molar-refractivity contribution in [3.8, 4) is 5.75 Å². The number of benzene rings is 2. The summed E-state index contributed by atoms with van der Waals surface area (Å²) < 4.78 is 16.0. The Morgan fingerprint density at radius 3 is 2.68 bits per heavy atom. The second-order valence-electron chi connectivity index (χ2n) is 7.89. The summed E-state index contributed by atoms with van der Waals surface area (Å²) >= 11 is 0. The lowest BCUT2D eigenvalue weighted by Gasteiger charge is -2.19. The van der Waals surface area contributed by atoms with Gasteiger partial charge >= 0.3 is 0 Å². The van der Waals surface area contributed by atoms with Gasteiger partial charge in [0, 0.05) is 49.0 Å². The Bertz CT molecular complexity index is 1210. The van der Waals surface area contributed by atoms with E-state index in [1.165, 1.54) is 6.07 Å². The fourth-order valence-electron chi connectivity index (χ4n) is 3.71. The first-order valence-corrected chi connectivity index (χ1v) is 11.1. The van der Waals surface area contributed by atoms with Crippen LogP contribution < -0.4 is 15.6 Å². The summed E-state index contributed by atoms with van der Waals surface area (Å²) in [5.74, 6) is -0.00495. The Morgan fingerprint density at radius 2 is 1.88 bits per heavy atom. The number of aromatic nitrogens is 1. The minimum absolute atomic E-state index is 0.0220. The SMILES string of the molecule is COCCOc1ccc2[nH]c(=O)c(C(=O)Nc3ccc(C(=O)N4CCCOCC4)cc3)cc2c1. The average molecular weight is 466 g/mol. The average Bonchev–Trinajstić information content (AvgIpc) is 3.13. The summed E-state index contributed by atoms with van der Waals surface area (Å²) in [5, 5.41) is 3.39. The van der Waals surface area contributed by atoms with Crippen LogP contribution in [0.2, 0.25) is 0 Å². The molecular formula is C25H27N3O6. The van der Waals surface area contributed by atoms with Crippen molar-refractivity contribution in [2.45, 2.75) is 6.42 Å². The van der Waals surface area contributed by atoms with E-state index in [2.05, 4.69) is 10.3 Å². The number of hydrogen-bond acceptors (Lipinski definition) is 6. The van der Waals surface area contributed by atoms with Crippen molar-refractivity contribution in [3.05, 3.63) is 70.0 Å². The normalized spacial score (nSPS) is 14.0. The molecule has 34 heavy (non-hydrogen) atoms. The Morgan fingerprint density at radius 1 is 1.06 bits per heavy atom. The molecule has 0 atom stereocenters. The number of ether oxygens (including phenoxy) is 3. The van der Waals surface area contributed by atoms with Crippen molar-refractivity contribution in [1.29, 1.82) is 0 Å². The van der Waals surface area contributed by atoms with Gasteiger partial charge in [-0.2, -0.15) is 0 Å². The second kappa shape index (κ2) is 11.0. The number of rotatable bonds is 7. The number of anilines is 1. The van der Waals surface area contributed by atoms with Crippen LogP contribution in [0.3, 0.4) is 0 Å². The molecule has 0 spiro atoms. The van der Waals surface area contributed by atoms with Crippen LogP contribution in [0.5, 0.6) is 5.75 Å². The summed E-state index contributed by atoms with van der Waals surface area (Å²) in [6.45, 7) is 3.24. The zero-order valence-corrected chi connectivity index (χ0v) is 19.0. The van der Waals surface area contributed by atoms with Gasteiger partial charge in [0.15, 0.2) is 0 Å². The highest BCUT2D eigenvalue weighted by atomic mass is 16.5. The smallest absolute Gasteiger partial charge is 0.261 e. The molecule has 2 heterocycles. The minimum Gasteiger partial charge on any atom is -0.491 e. The molecule has 0 saturated carbocycles. The lowest BCUT2D eigenvalue weighted by atomic mass is 10.1. The van der Waals surface area contributed by atoms with Crippen molar-refractivity contribution < 1.29 is 23.8 Å². The van der Waals surface area contributed by atoms with Gasteiger partial charge in [0.2, 0.25) is 0 Å². The van der Waals surface area contributed by atoms with Gasteiger partial charge in [-0.25, -0.2) is 0 Å². The standard InChI is InChI=1S/C25H27N3O6/c1-32-13-14-34-20-7-8-22-18(15-20)16-21(24(30)27-22)23(29)26-19-5-3-17(4-6-19)25(31)28-9-2-11-33-12-10-28/h3-8,15-16H,2,9-14H2,1H3,(H,26,29)(H,27,30). The predicted octanol–water partition coefficient (Wildman–Crippen LogP) is 2.67. The summed E-state index contributed by atoms with van der Waals surface area (Å²) in [6, 6.07) is 13.4. The van der Waals surface area contributed by atoms with E-state index in [0.717, 1.165) is 6.42 Å².